The summed E-state index contributed by atoms with van der Waals surface area (Å²) in [4.78, 5) is 38.0. The molecule has 0 unspecified atom stereocenters. The number of nitrogens with one attached hydrogen (secondary N) is 1. The van der Waals surface area contributed by atoms with Crippen LogP contribution in [-0.4, -0.2) is 28.0 Å². The molecule has 0 aliphatic carbocycles. The quantitative estimate of drug-likeness (QED) is 0.258. The van der Waals surface area contributed by atoms with E-state index in [0.29, 0.717) is 21.5 Å². The normalized spacial score (nSPS) is 14.7. The van der Waals surface area contributed by atoms with Crippen LogP contribution in [0.2, 0.25) is 0 Å². The van der Waals surface area contributed by atoms with Crippen molar-refractivity contribution in [3.05, 3.63) is 99.0 Å². The van der Waals surface area contributed by atoms with Gasteiger partial charge in [-0.1, -0.05) is 35.9 Å². The molecule has 2 N–H and O–H groups in total. The molecule has 9 heteroatoms. The zero-order chi connectivity index (χ0) is 25.1. The van der Waals surface area contributed by atoms with E-state index in [1.165, 1.54) is 23.1 Å². The second-order valence-corrected chi connectivity index (χ2v) is 9.02. The third-order valence-corrected chi connectivity index (χ3v) is 6.16. The van der Waals surface area contributed by atoms with Crippen LogP contribution >= 0.6 is 28.1 Å². The lowest BCUT2D eigenvalue weighted by Crippen LogP contribution is -2.54. The van der Waals surface area contributed by atoms with E-state index >= 15 is 0 Å². The summed E-state index contributed by atoms with van der Waals surface area (Å²) < 4.78 is 6.45. The van der Waals surface area contributed by atoms with Crippen molar-refractivity contribution in [3.8, 4) is 5.75 Å². The number of carboxylic acid groups (broad SMARTS) is 1. The Kier molecular flexibility index (Phi) is 7.09. The van der Waals surface area contributed by atoms with Gasteiger partial charge in [0.25, 0.3) is 11.8 Å². The third-order valence-electron chi connectivity index (χ3n) is 5.26. The lowest BCUT2D eigenvalue weighted by atomic mass is 10.1. The molecule has 0 radical (unpaired) electrons. The Morgan fingerprint density at radius 1 is 1.09 bits per heavy atom. The number of carbonyl (C=O) groups excluding carboxylic acids is 2. The van der Waals surface area contributed by atoms with Crippen LogP contribution in [-0.2, 0) is 16.2 Å². The van der Waals surface area contributed by atoms with Gasteiger partial charge in [0, 0.05) is 0 Å². The van der Waals surface area contributed by atoms with Crippen molar-refractivity contribution in [1.82, 2.24) is 5.32 Å². The van der Waals surface area contributed by atoms with Crippen LogP contribution in [0.3, 0.4) is 0 Å². The zero-order valence-electron chi connectivity index (χ0n) is 18.4. The van der Waals surface area contributed by atoms with Crippen LogP contribution in [0.15, 0.2) is 76.8 Å². The summed E-state index contributed by atoms with van der Waals surface area (Å²) >= 11 is 8.70. The molecule has 0 bridgehead atoms. The molecule has 1 saturated heterocycles. The Morgan fingerprint density at radius 2 is 1.77 bits per heavy atom. The Bertz CT molecular complexity index is 1370. The molecule has 3 aromatic carbocycles. The lowest BCUT2D eigenvalue weighted by Gasteiger charge is -2.29. The van der Waals surface area contributed by atoms with Gasteiger partial charge in [-0.3, -0.25) is 19.8 Å². The summed E-state index contributed by atoms with van der Waals surface area (Å²) in [5, 5.41) is 11.6. The first-order chi connectivity index (χ1) is 16.7. The smallest absolute Gasteiger partial charge is 0.335 e. The molecule has 35 heavy (non-hydrogen) atoms. The molecule has 0 spiro atoms. The van der Waals surface area contributed by atoms with Gasteiger partial charge in [-0.25, -0.2) is 4.79 Å². The topological polar surface area (TPSA) is 95.9 Å². The van der Waals surface area contributed by atoms with E-state index in [2.05, 4.69) is 21.2 Å². The molecule has 0 atom stereocenters. The third kappa shape index (κ3) is 5.47. The zero-order valence-corrected chi connectivity index (χ0v) is 20.9. The summed E-state index contributed by atoms with van der Waals surface area (Å²) in [6.45, 7) is 2.18. The van der Waals surface area contributed by atoms with Gasteiger partial charge < -0.3 is 9.84 Å². The highest BCUT2D eigenvalue weighted by molar-refractivity contribution is 9.10. The van der Waals surface area contributed by atoms with Crippen molar-refractivity contribution in [2.75, 3.05) is 4.90 Å². The molecule has 4 rings (SSSR count). The molecular weight excluding hydrogens is 532 g/mol. The van der Waals surface area contributed by atoms with E-state index in [4.69, 9.17) is 22.1 Å². The standard InChI is InChI=1S/C26H19BrN2O5S/c1-15-2-9-19(10-3-15)29-24(31)20(23(30)28-26(29)35)12-17-6-11-22(21(27)13-17)34-14-16-4-7-18(8-5-16)25(32)33/h2-13H,14H2,1H3,(H,32,33)(H,28,30,35). The molecular formula is C26H19BrN2O5S. The highest BCUT2D eigenvalue weighted by Crippen LogP contribution is 2.29. The largest absolute Gasteiger partial charge is 0.488 e. The number of carboxylic acids is 1. The average molecular weight is 551 g/mol. The Morgan fingerprint density at radius 3 is 2.40 bits per heavy atom. The summed E-state index contributed by atoms with van der Waals surface area (Å²) in [6.07, 6.45) is 1.50. The summed E-state index contributed by atoms with van der Waals surface area (Å²) in [5.74, 6) is -1.51. The highest BCUT2D eigenvalue weighted by atomic mass is 79.9. The number of benzene rings is 3. The SMILES string of the molecule is Cc1ccc(N2C(=O)C(=Cc3ccc(OCc4ccc(C(=O)O)cc4)c(Br)c3)C(=O)NC2=S)cc1. The molecule has 176 valence electrons. The molecule has 1 aliphatic heterocycles. The van der Waals surface area contributed by atoms with E-state index in [1.54, 1.807) is 42.5 Å². The minimum Gasteiger partial charge on any atom is -0.488 e. The molecule has 1 aliphatic rings. The molecule has 1 heterocycles. The molecule has 2 amide bonds. The first kappa shape index (κ1) is 24.3. The maximum absolute atomic E-state index is 13.1. The first-order valence-electron chi connectivity index (χ1n) is 10.5. The fourth-order valence-electron chi connectivity index (χ4n) is 3.38. The first-order valence-corrected chi connectivity index (χ1v) is 11.7. The highest BCUT2D eigenvalue weighted by Gasteiger charge is 2.34. The maximum atomic E-state index is 13.1. The Hall–Kier alpha value is -3.82. The summed E-state index contributed by atoms with van der Waals surface area (Å²) in [7, 11) is 0. The van der Waals surface area contributed by atoms with E-state index in [-0.39, 0.29) is 22.9 Å². The minimum atomic E-state index is -0.987. The van der Waals surface area contributed by atoms with Crippen molar-refractivity contribution in [3.63, 3.8) is 0 Å². The van der Waals surface area contributed by atoms with Crippen molar-refractivity contribution >= 4 is 62.8 Å². The van der Waals surface area contributed by atoms with Gasteiger partial charge in [-0.15, -0.1) is 0 Å². The number of amides is 2. The van der Waals surface area contributed by atoms with Crippen molar-refractivity contribution in [1.29, 1.82) is 0 Å². The predicted molar refractivity (Wildman–Crippen MR) is 139 cm³/mol. The van der Waals surface area contributed by atoms with Crippen LogP contribution in [0.1, 0.15) is 27.0 Å². The lowest BCUT2D eigenvalue weighted by molar-refractivity contribution is -0.122. The number of halogens is 1. The van der Waals surface area contributed by atoms with Crippen molar-refractivity contribution < 1.29 is 24.2 Å². The van der Waals surface area contributed by atoms with Crippen LogP contribution < -0.4 is 15.0 Å². The van der Waals surface area contributed by atoms with Crippen LogP contribution in [0.4, 0.5) is 5.69 Å². The second kappa shape index (κ2) is 10.2. The van der Waals surface area contributed by atoms with Crippen LogP contribution in [0.25, 0.3) is 6.08 Å². The number of ether oxygens (including phenoxy) is 1. The molecule has 7 nitrogen and oxygen atoms in total. The van der Waals surface area contributed by atoms with E-state index in [9.17, 15) is 14.4 Å². The second-order valence-electron chi connectivity index (χ2n) is 7.77. The van der Waals surface area contributed by atoms with E-state index in [1.807, 2.05) is 19.1 Å². The molecule has 1 fully saturated rings. The number of anilines is 1. The van der Waals surface area contributed by atoms with Crippen LogP contribution in [0, 0.1) is 6.92 Å². The van der Waals surface area contributed by atoms with Crippen LogP contribution in [0.5, 0.6) is 5.75 Å². The molecule has 0 aromatic heterocycles. The summed E-state index contributed by atoms with van der Waals surface area (Å²) in [5.41, 5.74) is 3.19. The van der Waals surface area contributed by atoms with Gasteiger partial charge in [0.05, 0.1) is 15.7 Å². The Balaban J connectivity index is 1.52. The molecule has 0 saturated carbocycles. The molecule has 3 aromatic rings. The van der Waals surface area contributed by atoms with Gasteiger partial charge in [-0.05, 0) is 88.7 Å². The number of rotatable bonds is 6. The van der Waals surface area contributed by atoms with Gasteiger partial charge in [0.2, 0.25) is 0 Å². The summed E-state index contributed by atoms with van der Waals surface area (Å²) in [6, 6.07) is 18.9. The van der Waals surface area contributed by atoms with Crippen molar-refractivity contribution in [2.45, 2.75) is 13.5 Å². The number of hydrogen-bond acceptors (Lipinski definition) is 5. The number of aromatic carboxylic acids is 1. The fourth-order valence-corrected chi connectivity index (χ4v) is 4.17. The predicted octanol–water partition coefficient (Wildman–Crippen LogP) is 4.87. The fraction of sp³-hybridized carbons (Fsp3) is 0.0769. The number of thiocarbonyl (C=S) groups is 1. The van der Waals surface area contributed by atoms with Gasteiger partial charge in [-0.2, -0.15) is 0 Å². The number of aryl methyl sites for hydroxylation is 1. The van der Waals surface area contributed by atoms with Gasteiger partial charge >= 0.3 is 5.97 Å². The number of nitrogens with zero attached hydrogens (tertiary/aromatic N) is 1. The maximum Gasteiger partial charge on any atom is 0.335 e. The van der Waals surface area contributed by atoms with E-state index < -0.39 is 17.8 Å². The van der Waals surface area contributed by atoms with Crippen molar-refractivity contribution in [2.24, 2.45) is 0 Å². The number of hydrogen-bond donors (Lipinski definition) is 2. The minimum absolute atomic E-state index is 0.0299. The van der Waals surface area contributed by atoms with Gasteiger partial charge in [0.1, 0.15) is 17.9 Å². The number of carbonyl (C=O) groups is 3. The monoisotopic (exact) mass is 550 g/mol. The average Bonchev–Trinajstić information content (AvgIpc) is 2.82. The Labute approximate surface area is 215 Å². The van der Waals surface area contributed by atoms with Gasteiger partial charge in [0.15, 0.2) is 5.11 Å². The van der Waals surface area contributed by atoms with E-state index in [0.717, 1.165) is 11.1 Å².